The monoisotopic (exact) mass is 208 g/mol. The van der Waals surface area contributed by atoms with E-state index in [1.54, 1.807) is 19.1 Å². The van der Waals surface area contributed by atoms with Crippen LogP contribution in [0.15, 0.2) is 18.2 Å². The van der Waals surface area contributed by atoms with Gasteiger partial charge in [0.15, 0.2) is 11.9 Å². The van der Waals surface area contributed by atoms with Crippen LogP contribution < -0.4 is 0 Å². The molecule has 2 N–H and O–H groups in total. The van der Waals surface area contributed by atoms with Crippen molar-refractivity contribution in [2.75, 3.05) is 0 Å². The van der Waals surface area contributed by atoms with E-state index in [1.807, 2.05) is 0 Å². The van der Waals surface area contributed by atoms with Crippen molar-refractivity contribution < 1.29 is 19.8 Å². The zero-order valence-electron chi connectivity index (χ0n) is 8.52. The molecule has 80 valence electrons. The maximum Gasteiger partial charge on any atom is 0.337 e. The predicted octanol–water partition coefficient (Wildman–Crippen LogP) is 1.32. The van der Waals surface area contributed by atoms with E-state index in [4.69, 9.17) is 5.11 Å². The summed E-state index contributed by atoms with van der Waals surface area (Å²) < 4.78 is 0. The number of aliphatic carboxylic acids is 1. The lowest BCUT2D eigenvalue weighted by Crippen LogP contribution is -2.14. The fourth-order valence-electron chi connectivity index (χ4n) is 1.35. The Balaban J connectivity index is 3.28. The summed E-state index contributed by atoms with van der Waals surface area (Å²) in [5, 5.41) is 18.0. The molecule has 0 fully saturated rings. The number of rotatable bonds is 3. The second-order valence-corrected chi connectivity index (χ2v) is 3.39. The molecule has 0 heterocycles. The number of Topliss-reactive ketones (excluding diaryl/α,β-unsaturated/α-hetero) is 1. The van der Waals surface area contributed by atoms with E-state index >= 15 is 0 Å². The Morgan fingerprint density at radius 3 is 2.40 bits per heavy atom. The number of aryl methyl sites for hydroxylation is 1. The number of hydrogen-bond acceptors (Lipinski definition) is 3. The maximum absolute atomic E-state index is 11.2. The van der Waals surface area contributed by atoms with Gasteiger partial charge in [0.05, 0.1) is 0 Å². The number of carboxylic acid groups (broad SMARTS) is 1. The Labute approximate surface area is 87.2 Å². The van der Waals surface area contributed by atoms with Crippen molar-refractivity contribution >= 4 is 11.8 Å². The second-order valence-electron chi connectivity index (χ2n) is 3.39. The highest BCUT2D eigenvalue weighted by Gasteiger charge is 2.20. The highest BCUT2D eigenvalue weighted by Crippen LogP contribution is 2.20. The highest BCUT2D eigenvalue weighted by atomic mass is 16.4. The minimum Gasteiger partial charge on any atom is -0.479 e. The maximum atomic E-state index is 11.2. The largest absolute Gasteiger partial charge is 0.479 e. The Kier molecular flexibility index (Phi) is 3.21. The quantitative estimate of drug-likeness (QED) is 0.734. The van der Waals surface area contributed by atoms with Crippen LogP contribution in [-0.4, -0.2) is 22.0 Å². The van der Waals surface area contributed by atoms with Crippen molar-refractivity contribution in [3.63, 3.8) is 0 Å². The van der Waals surface area contributed by atoms with Crippen molar-refractivity contribution in [1.29, 1.82) is 0 Å². The second kappa shape index (κ2) is 4.23. The molecule has 1 rings (SSSR count). The Morgan fingerprint density at radius 2 is 1.93 bits per heavy atom. The first-order valence-electron chi connectivity index (χ1n) is 4.46. The van der Waals surface area contributed by atoms with Gasteiger partial charge in [0.2, 0.25) is 0 Å². The molecule has 0 spiro atoms. The third-order valence-electron chi connectivity index (χ3n) is 2.12. The molecule has 15 heavy (non-hydrogen) atoms. The average Bonchev–Trinajstić information content (AvgIpc) is 2.16. The standard InChI is InChI=1S/C11H12O4/c1-6-3-4-8(10(13)11(14)15)9(5-6)7(2)12/h3-5,10,13H,1-2H3,(H,14,15). The molecule has 4 nitrogen and oxygen atoms in total. The number of hydrogen-bond donors (Lipinski definition) is 2. The van der Waals surface area contributed by atoms with E-state index in [0.29, 0.717) is 0 Å². The zero-order valence-corrected chi connectivity index (χ0v) is 8.52. The van der Waals surface area contributed by atoms with Gasteiger partial charge in [-0.3, -0.25) is 4.79 Å². The molecule has 4 heteroatoms. The molecule has 0 bridgehead atoms. The lowest BCUT2D eigenvalue weighted by molar-refractivity contribution is -0.146. The van der Waals surface area contributed by atoms with Crippen LogP contribution >= 0.6 is 0 Å². The minimum absolute atomic E-state index is 0.139. The van der Waals surface area contributed by atoms with E-state index in [1.165, 1.54) is 13.0 Å². The molecule has 1 aromatic carbocycles. The van der Waals surface area contributed by atoms with Crippen molar-refractivity contribution in [2.45, 2.75) is 20.0 Å². The van der Waals surface area contributed by atoms with E-state index in [9.17, 15) is 14.7 Å². The molecule has 0 amide bonds. The van der Waals surface area contributed by atoms with Crippen LogP contribution in [-0.2, 0) is 4.79 Å². The molecule has 0 radical (unpaired) electrons. The molecule has 0 aliphatic heterocycles. The molecule has 0 saturated heterocycles. The first-order valence-corrected chi connectivity index (χ1v) is 4.46. The van der Waals surface area contributed by atoms with E-state index in [0.717, 1.165) is 5.56 Å². The van der Waals surface area contributed by atoms with Gasteiger partial charge in [-0.1, -0.05) is 17.7 Å². The van der Waals surface area contributed by atoms with Gasteiger partial charge in [-0.25, -0.2) is 4.79 Å². The summed E-state index contributed by atoms with van der Waals surface area (Å²) in [7, 11) is 0. The lowest BCUT2D eigenvalue weighted by atomic mass is 9.97. The predicted molar refractivity (Wildman–Crippen MR) is 53.8 cm³/mol. The minimum atomic E-state index is -1.65. The van der Waals surface area contributed by atoms with Gasteiger partial charge < -0.3 is 10.2 Å². The van der Waals surface area contributed by atoms with Crippen molar-refractivity contribution in [3.8, 4) is 0 Å². The first kappa shape index (κ1) is 11.4. The van der Waals surface area contributed by atoms with Gasteiger partial charge in [0, 0.05) is 11.1 Å². The number of aliphatic hydroxyl groups excluding tert-OH is 1. The Morgan fingerprint density at radius 1 is 1.33 bits per heavy atom. The van der Waals surface area contributed by atoms with Crippen LogP contribution in [0.2, 0.25) is 0 Å². The number of carbonyl (C=O) groups is 2. The number of carboxylic acids is 1. The smallest absolute Gasteiger partial charge is 0.337 e. The third-order valence-corrected chi connectivity index (χ3v) is 2.12. The average molecular weight is 208 g/mol. The van der Waals surface area contributed by atoms with Gasteiger partial charge in [-0.15, -0.1) is 0 Å². The number of carbonyl (C=O) groups excluding carboxylic acids is 1. The van der Waals surface area contributed by atoms with Crippen molar-refractivity contribution in [2.24, 2.45) is 0 Å². The summed E-state index contributed by atoms with van der Waals surface area (Å²) in [6, 6.07) is 4.70. The fraction of sp³-hybridized carbons (Fsp3) is 0.273. The fourth-order valence-corrected chi connectivity index (χ4v) is 1.35. The summed E-state index contributed by atoms with van der Waals surface area (Å²) in [5.74, 6) is -1.62. The van der Waals surface area contributed by atoms with Gasteiger partial charge in [0.1, 0.15) is 0 Å². The van der Waals surface area contributed by atoms with E-state index in [2.05, 4.69) is 0 Å². The molecular weight excluding hydrogens is 196 g/mol. The number of aliphatic hydroxyl groups is 1. The number of ketones is 1. The van der Waals surface area contributed by atoms with E-state index in [-0.39, 0.29) is 16.9 Å². The summed E-state index contributed by atoms with van der Waals surface area (Å²) in [5.41, 5.74) is 1.24. The molecule has 1 aromatic rings. The summed E-state index contributed by atoms with van der Waals surface area (Å²) in [6.45, 7) is 3.14. The van der Waals surface area contributed by atoms with Crippen molar-refractivity contribution in [1.82, 2.24) is 0 Å². The molecule has 0 saturated carbocycles. The first-order chi connectivity index (χ1) is 6.93. The third kappa shape index (κ3) is 2.41. The summed E-state index contributed by atoms with van der Waals surface area (Å²) >= 11 is 0. The van der Waals surface area contributed by atoms with Gasteiger partial charge in [0.25, 0.3) is 0 Å². The lowest BCUT2D eigenvalue weighted by Gasteiger charge is -2.10. The normalized spacial score (nSPS) is 12.2. The van der Waals surface area contributed by atoms with Crippen LogP contribution in [0.5, 0.6) is 0 Å². The highest BCUT2D eigenvalue weighted by molar-refractivity contribution is 5.97. The summed E-state index contributed by atoms with van der Waals surface area (Å²) in [4.78, 5) is 21.8. The van der Waals surface area contributed by atoms with Gasteiger partial charge in [-0.05, 0) is 19.9 Å². The molecule has 0 aliphatic carbocycles. The Hall–Kier alpha value is -1.68. The molecule has 1 unspecified atom stereocenters. The van der Waals surface area contributed by atoms with Crippen LogP contribution in [0, 0.1) is 6.92 Å². The zero-order chi connectivity index (χ0) is 11.6. The SMILES string of the molecule is CC(=O)c1cc(C)ccc1C(O)C(=O)O. The van der Waals surface area contributed by atoms with Crippen LogP contribution in [0.3, 0.4) is 0 Å². The van der Waals surface area contributed by atoms with Gasteiger partial charge >= 0.3 is 5.97 Å². The Bertz CT molecular complexity index is 409. The summed E-state index contributed by atoms with van der Waals surface area (Å²) in [6.07, 6.45) is -1.65. The molecule has 0 aliphatic rings. The van der Waals surface area contributed by atoms with Crippen molar-refractivity contribution in [3.05, 3.63) is 34.9 Å². The molecular formula is C11H12O4. The van der Waals surface area contributed by atoms with Crippen LogP contribution in [0.1, 0.15) is 34.5 Å². The number of benzene rings is 1. The molecule has 0 aromatic heterocycles. The van der Waals surface area contributed by atoms with Gasteiger partial charge in [-0.2, -0.15) is 0 Å². The molecule has 1 atom stereocenters. The van der Waals surface area contributed by atoms with Crippen LogP contribution in [0.25, 0.3) is 0 Å². The van der Waals surface area contributed by atoms with Crippen LogP contribution in [0.4, 0.5) is 0 Å². The van der Waals surface area contributed by atoms with E-state index < -0.39 is 12.1 Å². The topological polar surface area (TPSA) is 74.6 Å².